The third kappa shape index (κ3) is 3.00. The molecule has 0 atom stereocenters. The summed E-state index contributed by atoms with van der Waals surface area (Å²) < 4.78 is 0. The minimum atomic E-state index is -0.400. The molecule has 0 aromatic heterocycles. The van der Waals surface area contributed by atoms with Crippen LogP contribution in [0.15, 0.2) is 18.2 Å². The molecule has 0 heterocycles. The number of hydrogen-bond donors (Lipinski definition) is 1. The highest BCUT2D eigenvalue weighted by atomic mass is 79.9. The number of hydrogen-bond acceptors (Lipinski definition) is 3. The topological polar surface area (TPSA) is 63.4 Å². The van der Waals surface area contributed by atoms with Gasteiger partial charge in [0, 0.05) is 17.0 Å². The number of rotatable bonds is 5. The first-order valence-electron chi connectivity index (χ1n) is 4.62. The van der Waals surface area contributed by atoms with Gasteiger partial charge < -0.3 is 5.11 Å². The highest BCUT2D eigenvalue weighted by Gasteiger charge is 2.15. The second kappa shape index (κ2) is 5.82. The summed E-state index contributed by atoms with van der Waals surface area (Å²) in [6.45, 7) is -0.153. The van der Waals surface area contributed by atoms with Crippen LogP contribution in [0.3, 0.4) is 0 Å². The Bertz CT molecular complexity index is 355. The van der Waals surface area contributed by atoms with Crippen molar-refractivity contribution in [2.75, 3.05) is 5.33 Å². The van der Waals surface area contributed by atoms with E-state index in [2.05, 4.69) is 15.9 Å². The third-order valence-electron chi connectivity index (χ3n) is 2.18. The zero-order chi connectivity index (χ0) is 11.3. The van der Waals surface area contributed by atoms with Crippen LogP contribution in [0.4, 0.5) is 5.69 Å². The second-order valence-electron chi connectivity index (χ2n) is 3.12. The molecule has 15 heavy (non-hydrogen) atoms. The van der Waals surface area contributed by atoms with Crippen molar-refractivity contribution in [3.05, 3.63) is 39.4 Å². The Labute approximate surface area is 96.2 Å². The average Bonchev–Trinajstić information content (AvgIpc) is 2.25. The number of nitrogens with zero attached hydrogens (tertiary/aromatic N) is 1. The minimum Gasteiger partial charge on any atom is -0.392 e. The number of nitro benzene ring substituents is 1. The normalized spacial score (nSPS) is 10.3. The van der Waals surface area contributed by atoms with Crippen molar-refractivity contribution in [1.29, 1.82) is 0 Å². The monoisotopic (exact) mass is 273 g/mol. The summed E-state index contributed by atoms with van der Waals surface area (Å²) in [5, 5.41) is 20.7. The summed E-state index contributed by atoms with van der Waals surface area (Å²) in [7, 11) is 0. The molecule has 0 fully saturated rings. The molecule has 1 aromatic rings. The summed E-state index contributed by atoms with van der Waals surface area (Å²) in [4.78, 5) is 10.4. The Kier molecular flexibility index (Phi) is 4.71. The average molecular weight is 274 g/mol. The molecule has 0 spiro atoms. The van der Waals surface area contributed by atoms with Crippen molar-refractivity contribution in [2.45, 2.75) is 19.4 Å². The second-order valence-corrected chi connectivity index (χ2v) is 3.92. The van der Waals surface area contributed by atoms with Crippen LogP contribution < -0.4 is 0 Å². The van der Waals surface area contributed by atoms with Gasteiger partial charge in [0.2, 0.25) is 0 Å². The highest BCUT2D eigenvalue weighted by Crippen LogP contribution is 2.24. The van der Waals surface area contributed by atoms with Gasteiger partial charge in [-0.1, -0.05) is 28.1 Å². The smallest absolute Gasteiger partial charge is 0.272 e. The molecule has 1 rings (SSSR count). The van der Waals surface area contributed by atoms with Crippen LogP contribution in [-0.4, -0.2) is 15.4 Å². The van der Waals surface area contributed by atoms with Gasteiger partial charge >= 0.3 is 0 Å². The van der Waals surface area contributed by atoms with Crippen LogP contribution in [0.5, 0.6) is 0 Å². The Morgan fingerprint density at radius 2 is 2.20 bits per heavy atom. The van der Waals surface area contributed by atoms with Crippen molar-refractivity contribution < 1.29 is 10.0 Å². The van der Waals surface area contributed by atoms with E-state index in [1.807, 2.05) is 0 Å². The molecule has 0 amide bonds. The summed E-state index contributed by atoms with van der Waals surface area (Å²) in [6.07, 6.45) is 1.43. The van der Waals surface area contributed by atoms with Crippen LogP contribution in [0.25, 0.3) is 0 Å². The van der Waals surface area contributed by atoms with Gasteiger partial charge in [-0.25, -0.2) is 0 Å². The van der Waals surface area contributed by atoms with Crippen LogP contribution in [-0.2, 0) is 13.0 Å². The van der Waals surface area contributed by atoms with Crippen LogP contribution in [0, 0.1) is 10.1 Å². The molecule has 1 aromatic carbocycles. The molecular weight excluding hydrogens is 262 g/mol. The first-order valence-corrected chi connectivity index (χ1v) is 5.74. The zero-order valence-electron chi connectivity index (χ0n) is 8.15. The fraction of sp³-hybridized carbons (Fsp3) is 0.400. The molecule has 5 heteroatoms. The molecule has 1 N–H and O–H groups in total. The van der Waals surface area contributed by atoms with Gasteiger partial charge in [-0.3, -0.25) is 10.1 Å². The maximum absolute atomic E-state index is 10.8. The lowest BCUT2D eigenvalue weighted by atomic mass is 10.0. The Balaban J connectivity index is 3.08. The van der Waals surface area contributed by atoms with Crippen molar-refractivity contribution in [3.63, 3.8) is 0 Å². The summed E-state index contributed by atoms with van der Waals surface area (Å²) >= 11 is 3.28. The molecule has 0 unspecified atom stereocenters. The van der Waals surface area contributed by atoms with Gasteiger partial charge in [0.15, 0.2) is 0 Å². The fourth-order valence-corrected chi connectivity index (χ4v) is 1.75. The van der Waals surface area contributed by atoms with E-state index in [4.69, 9.17) is 5.11 Å². The first-order chi connectivity index (χ1) is 7.20. The van der Waals surface area contributed by atoms with Gasteiger partial charge in [-0.2, -0.15) is 0 Å². The Morgan fingerprint density at radius 3 is 2.73 bits per heavy atom. The van der Waals surface area contributed by atoms with Crippen LogP contribution in [0.2, 0.25) is 0 Å². The number of benzene rings is 1. The van der Waals surface area contributed by atoms with Crippen molar-refractivity contribution in [2.24, 2.45) is 0 Å². The number of nitro groups is 1. The highest BCUT2D eigenvalue weighted by molar-refractivity contribution is 9.09. The molecule has 0 aliphatic heterocycles. The van der Waals surface area contributed by atoms with E-state index in [0.717, 1.165) is 11.8 Å². The summed E-state index contributed by atoms with van der Waals surface area (Å²) in [6, 6.07) is 4.79. The van der Waals surface area contributed by atoms with Crippen LogP contribution in [0.1, 0.15) is 17.5 Å². The number of aliphatic hydroxyl groups excluding tert-OH is 1. The molecule has 0 aliphatic carbocycles. The van der Waals surface area contributed by atoms with E-state index in [0.29, 0.717) is 17.5 Å². The van der Waals surface area contributed by atoms with E-state index in [1.165, 1.54) is 6.07 Å². The quantitative estimate of drug-likeness (QED) is 0.509. The number of alkyl halides is 1. The van der Waals surface area contributed by atoms with Crippen molar-refractivity contribution >= 4 is 21.6 Å². The van der Waals surface area contributed by atoms with Gasteiger partial charge in [-0.15, -0.1) is 0 Å². The molecule has 0 aliphatic rings. The molecule has 0 bridgehead atoms. The Hall–Kier alpha value is -0.940. The van der Waals surface area contributed by atoms with Crippen molar-refractivity contribution in [3.8, 4) is 0 Å². The molecule has 0 radical (unpaired) electrons. The lowest BCUT2D eigenvalue weighted by Crippen LogP contribution is -2.01. The molecule has 4 nitrogen and oxygen atoms in total. The van der Waals surface area contributed by atoms with E-state index >= 15 is 0 Å². The fourth-order valence-electron chi connectivity index (χ4n) is 1.47. The first kappa shape index (κ1) is 12.1. The minimum absolute atomic E-state index is 0.0995. The van der Waals surface area contributed by atoms with E-state index in [-0.39, 0.29) is 12.3 Å². The standard InChI is InChI=1S/C10H12BrNO3/c11-6-2-4-9-8(7-13)3-1-5-10(9)12(14)15/h1,3,5,13H,2,4,6-7H2. The lowest BCUT2D eigenvalue weighted by molar-refractivity contribution is -0.385. The van der Waals surface area contributed by atoms with E-state index in [1.54, 1.807) is 12.1 Å². The predicted octanol–water partition coefficient (Wildman–Crippen LogP) is 2.41. The maximum Gasteiger partial charge on any atom is 0.272 e. The third-order valence-corrected chi connectivity index (χ3v) is 2.74. The predicted molar refractivity (Wildman–Crippen MR) is 61.1 cm³/mol. The molecule has 82 valence electrons. The number of halogens is 1. The Morgan fingerprint density at radius 1 is 1.47 bits per heavy atom. The van der Waals surface area contributed by atoms with Gasteiger partial charge in [0.05, 0.1) is 11.5 Å². The maximum atomic E-state index is 10.8. The summed E-state index contributed by atoms with van der Waals surface area (Å²) in [5.41, 5.74) is 1.39. The van der Waals surface area contributed by atoms with Gasteiger partial charge in [0.25, 0.3) is 5.69 Å². The van der Waals surface area contributed by atoms with Gasteiger partial charge in [0.1, 0.15) is 0 Å². The summed E-state index contributed by atoms with van der Waals surface area (Å²) in [5.74, 6) is 0. The van der Waals surface area contributed by atoms with Crippen molar-refractivity contribution in [1.82, 2.24) is 0 Å². The van der Waals surface area contributed by atoms with E-state index in [9.17, 15) is 10.1 Å². The molecule has 0 saturated carbocycles. The van der Waals surface area contributed by atoms with E-state index < -0.39 is 4.92 Å². The van der Waals surface area contributed by atoms with Crippen LogP contribution >= 0.6 is 15.9 Å². The lowest BCUT2D eigenvalue weighted by Gasteiger charge is -2.06. The van der Waals surface area contributed by atoms with Gasteiger partial charge in [-0.05, 0) is 18.4 Å². The largest absolute Gasteiger partial charge is 0.392 e. The number of aliphatic hydroxyl groups is 1. The SMILES string of the molecule is O=[N+]([O-])c1cccc(CO)c1CCCBr. The molecule has 0 saturated heterocycles. The zero-order valence-corrected chi connectivity index (χ0v) is 9.74. The molecular formula is C10H12BrNO3.